The zero-order valence-corrected chi connectivity index (χ0v) is 12.5. The highest BCUT2D eigenvalue weighted by Crippen LogP contribution is 2.31. The van der Waals surface area contributed by atoms with Gasteiger partial charge in [-0.05, 0) is 61.2 Å². The van der Waals surface area contributed by atoms with Gasteiger partial charge in [-0.15, -0.1) is 0 Å². The molecule has 1 heterocycles. The van der Waals surface area contributed by atoms with Crippen LogP contribution in [-0.2, 0) is 12.6 Å². The molecular weight excluding hydrogens is 306 g/mol. The second kappa shape index (κ2) is 6.22. The number of benzene rings is 2. The van der Waals surface area contributed by atoms with Gasteiger partial charge in [-0.3, -0.25) is 0 Å². The molecule has 0 radical (unpaired) electrons. The fourth-order valence-electron chi connectivity index (χ4n) is 3.12. The van der Waals surface area contributed by atoms with Gasteiger partial charge in [0.2, 0.25) is 0 Å². The molecule has 1 saturated heterocycles. The molecule has 0 bridgehead atoms. The summed E-state index contributed by atoms with van der Waals surface area (Å²) in [5.74, 6) is -0.271. The Balaban J connectivity index is 1.72. The van der Waals surface area contributed by atoms with Gasteiger partial charge in [0.05, 0.1) is 5.56 Å². The van der Waals surface area contributed by atoms with E-state index >= 15 is 0 Å². The molecule has 0 saturated carbocycles. The lowest BCUT2D eigenvalue weighted by molar-refractivity contribution is -0.137. The maximum atomic E-state index is 13.0. The Bertz CT molecular complexity index is 646. The van der Waals surface area contributed by atoms with Gasteiger partial charge in [-0.2, -0.15) is 13.2 Å². The number of hydrogen-bond acceptors (Lipinski definition) is 1. The van der Waals surface area contributed by atoms with E-state index < -0.39 is 11.7 Å². The maximum absolute atomic E-state index is 13.0. The minimum atomic E-state index is -4.30. The van der Waals surface area contributed by atoms with E-state index in [1.807, 2.05) is 0 Å². The van der Waals surface area contributed by atoms with Crippen molar-refractivity contribution in [3.05, 3.63) is 65.5 Å². The van der Waals surface area contributed by atoms with E-state index in [2.05, 4.69) is 4.90 Å². The molecule has 5 heteroatoms. The van der Waals surface area contributed by atoms with E-state index in [1.165, 1.54) is 12.1 Å². The standard InChI is InChI=1S/C18H17F4N/c19-15-7-9-16(10-8-15)23-11-1-2-17(23)12-13-3-5-14(6-4-13)18(20,21)22/h3-10,17H,1-2,11-12H2. The summed E-state index contributed by atoms with van der Waals surface area (Å²) in [6, 6.07) is 12.0. The number of alkyl halides is 3. The summed E-state index contributed by atoms with van der Waals surface area (Å²) in [5.41, 5.74) is 1.22. The van der Waals surface area contributed by atoms with E-state index in [4.69, 9.17) is 0 Å². The number of nitrogens with zero attached hydrogens (tertiary/aromatic N) is 1. The first-order valence-corrected chi connectivity index (χ1v) is 7.62. The first-order chi connectivity index (χ1) is 10.9. The van der Waals surface area contributed by atoms with Crippen LogP contribution < -0.4 is 4.90 Å². The second-order valence-electron chi connectivity index (χ2n) is 5.86. The first kappa shape index (κ1) is 15.8. The lowest BCUT2D eigenvalue weighted by Crippen LogP contribution is -2.30. The SMILES string of the molecule is Fc1ccc(N2CCCC2Cc2ccc(C(F)(F)F)cc2)cc1. The van der Waals surface area contributed by atoms with Crippen LogP contribution in [0.4, 0.5) is 23.2 Å². The van der Waals surface area contributed by atoms with Crippen molar-refractivity contribution in [2.45, 2.75) is 31.5 Å². The fraction of sp³-hybridized carbons (Fsp3) is 0.333. The number of anilines is 1. The first-order valence-electron chi connectivity index (χ1n) is 7.62. The van der Waals surface area contributed by atoms with Crippen LogP contribution >= 0.6 is 0 Å². The van der Waals surface area contributed by atoms with Gasteiger partial charge < -0.3 is 4.90 Å². The highest BCUT2D eigenvalue weighted by Gasteiger charge is 2.30. The van der Waals surface area contributed by atoms with Gasteiger partial charge in [-0.25, -0.2) is 4.39 Å². The maximum Gasteiger partial charge on any atom is 0.416 e. The van der Waals surface area contributed by atoms with Gasteiger partial charge in [0, 0.05) is 18.3 Å². The Morgan fingerprint density at radius 1 is 0.957 bits per heavy atom. The van der Waals surface area contributed by atoms with Crippen molar-refractivity contribution in [3.63, 3.8) is 0 Å². The predicted octanol–water partition coefficient (Wildman–Crippen LogP) is 5.06. The van der Waals surface area contributed by atoms with Crippen LogP contribution in [-0.4, -0.2) is 12.6 Å². The van der Waals surface area contributed by atoms with E-state index in [9.17, 15) is 17.6 Å². The molecule has 0 N–H and O–H groups in total. The molecule has 1 nitrogen and oxygen atoms in total. The predicted molar refractivity (Wildman–Crippen MR) is 81.9 cm³/mol. The van der Waals surface area contributed by atoms with Crippen LogP contribution in [0.5, 0.6) is 0 Å². The largest absolute Gasteiger partial charge is 0.416 e. The van der Waals surface area contributed by atoms with Crippen LogP contribution in [0.15, 0.2) is 48.5 Å². The average molecular weight is 323 g/mol. The summed E-state index contributed by atoms with van der Waals surface area (Å²) >= 11 is 0. The highest BCUT2D eigenvalue weighted by molar-refractivity contribution is 5.48. The van der Waals surface area contributed by atoms with Crippen molar-refractivity contribution in [3.8, 4) is 0 Å². The molecule has 1 unspecified atom stereocenters. The van der Waals surface area contributed by atoms with Crippen molar-refractivity contribution in [2.24, 2.45) is 0 Å². The number of hydrogen-bond donors (Lipinski definition) is 0. The van der Waals surface area contributed by atoms with Crippen LogP contribution in [0.25, 0.3) is 0 Å². The lowest BCUT2D eigenvalue weighted by atomic mass is 10.0. The molecule has 0 spiro atoms. The van der Waals surface area contributed by atoms with Crippen LogP contribution in [0.2, 0.25) is 0 Å². The summed E-state index contributed by atoms with van der Waals surface area (Å²) in [4.78, 5) is 2.21. The van der Waals surface area contributed by atoms with E-state index in [0.29, 0.717) is 6.42 Å². The van der Waals surface area contributed by atoms with Crippen LogP contribution in [0, 0.1) is 5.82 Å². The van der Waals surface area contributed by atoms with Crippen molar-refractivity contribution in [2.75, 3.05) is 11.4 Å². The van der Waals surface area contributed by atoms with Crippen molar-refractivity contribution >= 4 is 5.69 Å². The van der Waals surface area contributed by atoms with Crippen LogP contribution in [0.1, 0.15) is 24.0 Å². The lowest BCUT2D eigenvalue weighted by Gasteiger charge is -2.27. The van der Waals surface area contributed by atoms with Crippen molar-refractivity contribution in [1.29, 1.82) is 0 Å². The average Bonchev–Trinajstić information content (AvgIpc) is 2.96. The third-order valence-corrected chi connectivity index (χ3v) is 4.29. The molecule has 0 amide bonds. The Morgan fingerprint density at radius 3 is 2.22 bits per heavy atom. The molecule has 0 aliphatic carbocycles. The topological polar surface area (TPSA) is 3.24 Å². The Labute approximate surface area is 132 Å². The third-order valence-electron chi connectivity index (χ3n) is 4.29. The molecule has 2 aromatic rings. The highest BCUT2D eigenvalue weighted by atomic mass is 19.4. The summed E-state index contributed by atoms with van der Waals surface area (Å²) in [6.45, 7) is 0.886. The van der Waals surface area contributed by atoms with Gasteiger partial charge in [-0.1, -0.05) is 12.1 Å². The third kappa shape index (κ3) is 3.66. The van der Waals surface area contributed by atoms with Crippen molar-refractivity contribution < 1.29 is 17.6 Å². The van der Waals surface area contributed by atoms with Gasteiger partial charge in [0.15, 0.2) is 0 Å². The molecule has 122 valence electrons. The summed E-state index contributed by atoms with van der Waals surface area (Å²) in [5, 5.41) is 0. The molecule has 3 rings (SSSR count). The molecule has 1 atom stereocenters. The molecule has 1 aliphatic heterocycles. The minimum Gasteiger partial charge on any atom is -0.368 e. The van der Waals surface area contributed by atoms with E-state index in [0.717, 1.165) is 42.8 Å². The molecule has 1 fully saturated rings. The summed E-state index contributed by atoms with van der Waals surface area (Å²) < 4.78 is 50.8. The molecule has 23 heavy (non-hydrogen) atoms. The Kier molecular flexibility index (Phi) is 4.28. The van der Waals surface area contributed by atoms with Crippen LogP contribution in [0.3, 0.4) is 0 Å². The molecule has 2 aromatic carbocycles. The van der Waals surface area contributed by atoms with Gasteiger partial charge in [0.1, 0.15) is 5.82 Å². The quantitative estimate of drug-likeness (QED) is 0.714. The number of halogens is 4. The normalized spacial score (nSPS) is 18.4. The smallest absolute Gasteiger partial charge is 0.368 e. The summed E-state index contributed by atoms with van der Waals surface area (Å²) in [7, 11) is 0. The molecule has 0 aromatic heterocycles. The van der Waals surface area contributed by atoms with Crippen molar-refractivity contribution in [1.82, 2.24) is 0 Å². The number of rotatable bonds is 3. The monoisotopic (exact) mass is 323 g/mol. The fourth-order valence-corrected chi connectivity index (χ4v) is 3.12. The van der Waals surface area contributed by atoms with E-state index in [-0.39, 0.29) is 11.9 Å². The van der Waals surface area contributed by atoms with E-state index in [1.54, 1.807) is 24.3 Å². The Morgan fingerprint density at radius 2 is 1.61 bits per heavy atom. The zero-order valence-electron chi connectivity index (χ0n) is 12.5. The molecule has 1 aliphatic rings. The summed E-state index contributed by atoms with van der Waals surface area (Å²) in [6.07, 6.45) is -1.59. The molecular formula is C18H17F4N. The van der Waals surface area contributed by atoms with Gasteiger partial charge in [0.25, 0.3) is 0 Å². The second-order valence-corrected chi connectivity index (χ2v) is 5.86. The van der Waals surface area contributed by atoms with Gasteiger partial charge >= 0.3 is 6.18 Å². The minimum absolute atomic E-state index is 0.234. The Hall–Kier alpha value is -2.04. The zero-order chi connectivity index (χ0) is 16.4.